The zero-order chi connectivity index (χ0) is 24.1. The highest BCUT2D eigenvalue weighted by atomic mass is 35.5. The fraction of sp³-hybridized carbons (Fsp3) is 0.273. The molecular formula is C22H23ClN8O3. The van der Waals surface area contributed by atoms with Gasteiger partial charge in [-0.1, -0.05) is 24.6 Å². The molecule has 1 fully saturated rings. The van der Waals surface area contributed by atoms with Gasteiger partial charge in [0, 0.05) is 30.9 Å². The second kappa shape index (κ2) is 10.4. The van der Waals surface area contributed by atoms with Gasteiger partial charge >= 0.3 is 0 Å². The van der Waals surface area contributed by atoms with E-state index in [1.807, 2.05) is 6.92 Å². The highest BCUT2D eigenvalue weighted by Gasteiger charge is 2.30. The molecule has 3 aromatic rings. The number of aromatic nitrogens is 4. The van der Waals surface area contributed by atoms with Gasteiger partial charge in [0.2, 0.25) is 5.91 Å². The standard InChI is InChI=1S/C22H23ClN8O3/c1-3-26-31-22(33)18-16(9-17(29-30-18)28-21(32)12-7-8-12)27-15-6-4-5-14(19(15)34-2)20-24-10-13(23)11-25-20/h4-6,9-12,26H,3,7-8H2,1-2H3,(H,31,33)(H2,27,28,29,32). The molecule has 0 radical (unpaired) electrons. The molecule has 1 aliphatic carbocycles. The Balaban J connectivity index is 1.70. The maximum absolute atomic E-state index is 12.7. The highest BCUT2D eigenvalue weighted by Crippen LogP contribution is 2.37. The second-order valence-corrected chi connectivity index (χ2v) is 7.91. The molecule has 0 aliphatic heterocycles. The van der Waals surface area contributed by atoms with E-state index in [2.05, 4.69) is 41.7 Å². The van der Waals surface area contributed by atoms with E-state index in [-0.39, 0.29) is 23.3 Å². The van der Waals surface area contributed by atoms with Gasteiger partial charge in [-0.2, -0.15) is 0 Å². The minimum absolute atomic E-state index is 0.00825. The number of ether oxygens (including phenoxy) is 1. The van der Waals surface area contributed by atoms with E-state index >= 15 is 0 Å². The van der Waals surface area contributed by atoms with Crippen molar-refractivity contribution < 1.29 is 14.3 Å². The summed E-state index contributed by atoms with van der Waals surface area (Å²) in [6.07, 6.45) is 4.69. The summed E-state index contributed by atoms with van der Waals surface area (Å²) in [7, 11) is 1.52. The van der Waals surface area contributed by atoms with E-state index < -0.39 is 5.91 Å². The molecule has 2 heterocycles. The number of benzene rings is 1. The molecule has 4 N–H and O–H groups in total. The lowest BCUT2D eigenvalue weighted by atomic mass is 10.1. The molecule has 12 heteroatoms. The molecule has 176 valence electrons. The number of hydrogen-bond acceptors (Lipinski definition) is 9. The number of hydrogen-bond donors (Lipinski definition) is 4. The van der Waals surface area contributed by atoms with Crippen LogP contribution in [0, 0.1) is 5.92 Å². The van der Waals surface area contributed by atoms with Crippen LogP contribution in [-0.2, 0) is 4.79 Å². The zero-order valence-corrected chi connectivity index (χ0v) is 19.3. The van der Waals surface area contributed by atoms with E-state index in [1.165, 1.54) is 19.5 Å². The van der Waals surface area contributed by atoms with Gasteiger partial charge in [0.25, 0.3) is 5.91 Å². The number of anilines is 3. The Morgan fingerprint density at radius 2 is 1.91 bits per heavy atom. The predicted octanol–water partition coefficient (Wildman–Crippen LogP) is 2.94. The lowest BCUT2D eigenvalue weighted by molar-refractivity contribution is -0.117. The van der Waals surface area contributed by atoms with Gasteiger partial charge in [0.05, 0.1) is 29.1 Å². The normalized spacial score (nSPS) is 12.7. The first-order chi connectivity index (χ1) is 16.5. The average Bonchev–Trinajstić information content (AvgIpc) is 3.69. The number of halogens is 1. The SMILES string of the molecule is CCNNC(=O)c1nnc(NC(=O)C2CC2)cc1Nc1cccc(-c2ncc(Cl)cn2)c1OC. The molecule has 0 unspecified atom stereocenters. The summed E-state index contributed by atoms with van der Waals surface area (Å²) in [5.74, 6) is 0.475. The second-order valence-electron chi connectivity index (χ2n) is 7.48. The molecule has 34 heavy (non-hydrogen) atoms. The molecule has 0 atom stereocenters. The van der Waals surface area contributed by atoms with Crippen LogP contribution in [0.25, 0.3) is 11.4 Å². The summed E-state index contributed by atoms with van der Waals surface area (Å²) in [6.45, 7) is 2.37. The maximum atomic E-state index is 12.7. The molecule has 1 aromatic carbocycles. The minimum Gasteiger partial charge on any atom is -0.494 e. The van der Waals surface area contributed by atoms with Crippen molar-refractivity contribution in [3.05, 3.63) is 47.4 Å². The van der Waals surface area contributed by atoms with Crippen LogP contribution in [0.4, 0.5) is 17.2 Å². The summed E-state index contributed by atoms with van der Waals surface area (Å²) < 4.78 is 5.64. The highest BCUT2D eigenvalue weighted by molar-refractivity contribution is 6.30. The number of para-hydroxylation sites is 1. The van der Waals surface area contributed by atoms with Gasteiger partial charge in [0.1, 0.15) is 0 Å². The van der Waals surface area contributed by atoms with Crippen LogP contribution in [0.2, 0.25) is 5.02 Å². The zero-order valence-electron chi connectivity index (χ0n) is 18.6. The van der Waals surface area contributed by atoms with Crippen molar-refractivity contribution in [2.45, 2.75) is 19.8 Å². The third-order valence-corrected chi connectivity index (χ3v) is 5.13. The van der Waals surface area contributed by atoms with Crippen molar-refractivity contribution in [1.29, 1.82) is 0 Å². The number of carbonyl (C=O) groups excluding carboxylic acids is 2. The Kier molecular flexibility index (Phi) is 7.14. The molecule has 2 aromatic heterocycles. The van der Waals surface area contributed by atoms with E-state index in [4.69, 9.17) is 16.3 Å². The fourth-order valence-corrected chi connectivity index (χ4v) is 3.24. The molecule has 0 spiro atoms. The van der Waals surface area contributed by atoms with Gasteiger partial charge in [-0.25, -0.2) is 15.4 Å². The Morgan fingerprint density at radius 1 is 1.15 bits per heavy atom. The van der Waals surface area contributed by atoms with E-state index in [9.17, 15) is 9.59 Å². The van der Waals surface area contributed by atoms with Gasteiger partial charge < -0.3 is 15.4 Å². The summed E-state index contributed by atoms with van der Waals surface area (Å²) in [6, 6.07) is 6.92. The topological polar surface area (TPSA) is 143 Å². The number of carbonyl (C=O) groups is 2. The number of nitrogens with zero attached hydrogens (tertiary/aromatic N) is 4. The summed E-state index contributed by atoms with van der Waals surface area (Å²) in [5.41, 5.74) is 6.80. The summed E-state index contributed by atoms with van der Waals surface area (Å²) in [4.78, 5) is 33.4. The smallest absolute Gasteiger partial charge is 0.288 e. The van der Waals surface area contributed by atoms with Crippen molar-refractivity contribution in [2.24, 2.45) is 5.92 Å². The number of amides is 2. The van der Waals surface area contributed by atoms with Crippen molar-refractivity contribution in [1.82, 2.24) is 31.0 Å². The van der Waals surface area contributed by atoms with Crippen LogP contribution in [0.5, 0.6) is 5.75 Å². The fourth-order valence-electron chi connectivity index (χ4n) is 3.15. The van der Waals surface area contributed by atoms with Crippen LogP contribution < -0.4 is 26.2 Å². The van der Waals surface area contributed by atoms with Crippen molar-refractivity contribution in [3.8, 4) is 17.1 Å². The van der Waals surface area contributed by atoms with Crippen LogP contribution in [0.3, 0.4) is 0 Å². The van der Waals surface area contributed by atoms with Crippen molar-refractivity contribution in [3.63, 3.8) is 0 Å². The molecule has 0 bridgehead atoms. The van der Waals surface area contributed by atoms with Gasteiger partial charge in [-0.3, -0.25) is 15.0 Å². The van der Waals surface area contributed by atoms with Crippen LogP contribution in [0.15, 0.2) is 36.7 Å². The van der Waals surface area contributed by atoms with Crippen molar-refractivity contribution in [2.75, 3.05) is 24.3 Å². The number of rotatable bonds is 9. The minimum atomic E-state index is -0.493. The summed E-state index contributed by atoms with van der Waals surface area (Å²) in [5, 5.41) is 14.4. The molecule has 2 amide bonds. The van der Waals surface area contributed by atoms with E-state index in [0.29, 0.717) is 40.1 Å². The monoisotopic (exact) mass is 482 g/mol. The van der Waals surface area contributed by atoms with Gasteiger partial charge in [-0.05, 0) is 25.0 Å². The Labute approximate surface area is 200 Å². The molecule has 11 nitrogen and oxygen atoms in total. The number of nitrogens with one attached hydrogen (secondary N) is 4. The van der Waals surface area contributed by atoms with Crippen molar-refractivity contribution >= 4 is 40.6 Å². The lowest BCUT2D eigenvalue weighted by Crippen LogP contribution is -2.38. The van der Waals surface area contributed by atoms with Gasteiger partial charge in [0.15, 0.2) is 23.1 Å². The average molecular weight is 483 g/mol. The molecule has 1 saturated carbocycles. The lowest BCUT2D eigenvalue weighted by Gasteiger charge is -2.17. The number of methoxy groups -OCH3 is 1. The first-order valence-electron chi connectivity index (χ1n) is 10.6. The van der Waals surface area contributed by atoms with E-state index in [0.717, 1.165) is 12.8 Å². The van der Waals surface area contributed by atoms with Crippen LogP contribution >= 0.6 is 11.6 Å². The summed E-state index contributed by atoms with van der Waals surface area (Å²) >= 11 is 5.91. The maximum Gasteiger partial charge on any atom is 0.288 e. The predicted molar refractivity (Wildman–Crippen MR) is 127 cm³/mol. The Bertz CT molecular complexity index is 1200. The van der Waals surface area contributed by atoms with Crippen LogP contribution in [-0.4, -0.2) is 45.6 Å². The largest absolute Gasteiger partial charge is 0.494 e. The third-order valence-electron chi connectivity index (χ3n) is 4.94. The molecule has 4 rings (SSSR count). The quantitative estimate of drug-likeness (QED) is 0.338. The van der Waals surface area contributed by atoms with E-state index in [1.54, 1.807) is 24.3 Å². The third kappa shape index (κ3) is 5.38. The Hall–Kier alpha value is -3.83. The molecule has 0 saturated heterocycles. The molecule has 1 aliphatic rings. The molecular weight excluding hydrogens is 460 g/mol. The van der Waals surface area contributed by atoms with Gasteiger partial charge in [-0.15, -0.1) is 10.2 Å². The first-order valence-corrected chi connectivity index (χ1v) is 11.0. The number of hydrazine groups is 1. The van der Waals surface area contributed by atoms with Crippen LogP contribution in [0.1, 0.15) is 30.3 Å². The Morgan fingerprint density at radius 3 is 2.59 bits per heavy atom. The first kappa shape index (κ1) is 23.3.